The van der Waals surface area contributed by atoms with E-state index in [1.807, 2.05) is 12.1 Å². The van der Waals surface area contributed by atoms with E-state index in [0.29, 0.717) is 23.8 Å². The Morgan fingerprint density at radius 3 is 2.52 bits per heavy atom. The molecule has 6 nitrogen and oxygen atoms in total. The molecule has 1 heterocycles. The molecule has 1 atom stereocenters. The fourth-order valence-electron chi connectivity index (χ4n) is 4.19. The molecule has 1 aromatic rings. The normalized spacial score (nSPS) is 19.9. The Morgan fingerprint density at radius 1 is 1.26 bits per heavy atom. The lowest BCUT2D eigenvalue weighted by molar-refractivity contribution is -0.123. The van der Waals surface area contributed by atoms with Crippen LogP contribution in [0.15, 0.2) is 24.3 Å². The molecular formula is C21H34N2O4. The third-order valence-electron chi connectivity index (χ3n) is 4.77. The van der Waals surface area contributed by atoms with Crippen molar-refractivity contribution in [3.63, 3.8) is 0 Å². The third kappa shape index (κ3) is 7.39. The largest absolute Gasteiger partial charge is 0.497 e. The zero-order chi connectivity index (χ0) is 20.1. The van der Waals surface area contributed by atoms with Gasteiger partial charge in [0.15, 0.2) is 0 Å². The van der Waals surface area contributed by atoms with Gasteiger partial charge in [0.1, 0.15) is 24.2 Å². The van der Waals surface area contributed by atoms with Crippen LogP contribution in [0.25, 0.3) is 0 Å². The quantitative estimate of drug-likeness (QED) is 0.648. The molecule has 1 amide bonds. The number of aliphatic hydroxyl groups is 1. The molecule has 27 heavy (non-hydrogen) atoms. The van der Waals surface area contributed by atoms with E-state index >= 15 is 0 Å². The number of amides is 1. The van der Waals surface area contributed by atoms with Gasteiger partial charge < -0.3 is 25.2 Å². The average molecular weight is 379 g/mol. The molecule has 0 radical (unpaired) electrons. The standard InChI is InChI=1S/C21H34N2O4/c1-20(2)11-15(12-21(3,4)23-20)9-19(25)22-13-16(24)14-27-18-8-6-7-17(10-18)26-5/h6-8,10,15-16,23-24H,9,11-14H2,1-5H3,(H,22,25). The minimum Gasteiger partial charge on any atom is -0.497 e. The van der Waals surface area contributed by atoms with Crippen LogP contribution in [0.3, 0.4) is 0 Å². The summed E-state index contributed by atoms with van der Waals surface area (Å²) in [4.78, 5) is 12.3. The molecule has 3 N–H and O–H groups in total. The Morgan fingerprint density at radius 2 is 1.89 bits per heavy atom. The Bertz CT molecular complexity index is 614. The molecule has 1 aliphatic rings. The number of nitrogens with one attached hydrogen (secondary N) is 2. The summed E-state index contributed by atoms with van der Waals surface area (Å²) in [5, 5.41) is 16.5. The summed E-state index contributed by atoms with van der Waals surface area (Å²) in [5.74, 6) is 1.64. The molecule has 0 aliphatic carbocycles. The molecule has 1 aromatic carbocycles. The van der Waals surface area contributed by atoms with Crippen molar-refractivity contribution in [2.75, 3.05) is 20.3 Å². The highest BCUT2D eigenvalue weighted by atomic mass is 16.5. The lowest BCUT2D eigenvalue weighted by Gasteiger charge is -2.46. The van der Waals surface area contributed by atoms with Crippen LogP contribution in [-0.2, 0) is 4.79 Å². The summed E-state index contributed by atoms with van der Waals surface area (Å²) in [6, 6.07) is 7.21. The Labute approximate surface area is 162 Å². The Kier molecular flexibility index (Phi) is 7.12. The smallest absolute Gasteiger partial charge is 0.220 e. The van der Waals surface area contributed by atoms with Crippen LogP contribution >= 0.6 is 0 Å². The third-order valence-corrected chi connectivity index (χ3v) is 4.77. The Balaban J connectivity index is 1.73. The van der Waals surface area contributed by atoms with Crippen molar-refractivity contribution in [2.45, 2.75) is 64.1 Å². The lowest BCUT2D eigenvalue weighted by Crippen LogP contribution is -2.58. The van der Waals surface area contributed by atoms with Crippen molar-refractivity contribution in [1.82, 2.24) is 10.6 Å². The molecule has 6 heteroatoms. The van der Waals surface area contributed by atoms with Crippen molar-refractivity contribution in [1.29, 1.82) is 0 Å². The van der Waals surface area contributed by atoms with E-state index in [0.717, 1.165) is 12.8 Å². The van der Waals surface area contributed by atoms with Gasteiger partial charge in [-0.3, -0.25) is 4.79 Å². The van der Waals surface area contributed by atoms with Crippen molar-refractivity contribution in [2.24, 2.45) is 5.92 Å². The van der Waals surface area contributed by atoms with E-state index in [1.54, 1.807) is 19.2 Å². The highest BCUT2D eigenvalue weighted by Crippen LogP contribution is 2.34. The maximum atomic E-state index is 12.3. The van der Waals surface area contributed by atoms with E-state index in [9.17, 15) is 9.90 Å². The first-order valence-corrected chi connectivity index (χ1v) is 9.59. The SMILES string of the molecule is COc1cccc(OCC(O)CNC(=O)CC2CC(C)(C)NC(C)(C)C2)c1. The molecule has 1 saturated heterocycles. The van der Waals surface area contributed by atoms with Crippen LogP contribution in [0.4, 0.5) is 0 Å². The van der Waals surface area contributed by atoms with Gasteiger partial charge in [-0.15, -0.1) is 0 Å². The van der Waals surface area contributed by atoms with Crippen molar-refractivity contribution >= 4 is 5.91 Å². The number of ether oxygens (including phenoxy) is 2. The van der Waals surface area contributed by atoms with E-state index in [2.05, 4.69) is 38.3 Å². The maximum Gasteiger partial charge on any atom is 0.220 e. The van der Waals surface area contributed by atoms with Crippen LogP contribution in [-0.4, -0.2) is 48.5 Å². The highest BCUT2D eigenvalue weighted by Gasteiger charge is 2.38. The number of piperidine rings is 1. The fourth-order valence-corrected chi connectivity index (χ4v) is 4.19. The molecule has 0 saturated carbocycles. The first-order valence-electron chi connectivity index (χ1n) is 9.59. The number of hydrogen-bond donors (Lipinski definition) is 3. The van der Waals surface area contributed by atoms with Gasteiger partial charge in [0.2, 0.25) is 5.91 Å². The molecule has 0 bridgehead atoms. The molecule has 0 spiro atoms. The van der Waals surface area contributed by atoms with Gasteiger partial charge in [0.25, 0.3) is 0 Å². The Hall–Kier alpha value is -1.79. The summed E-state index contributed by atoms with van der Waals surface area (Å²) in [6.45, 7) is 9.01. The maximum absolute atomic E-state index is 12.3. The number of carbonyl (C=O) groups is 1. The van der Waals surface area contributed by atoms with E-state index in [-0.39, 0.29) is 30.1 Å². The van der Waals surface area contributed by atoms with Crippen molar-refractivity contribution < 1.29 is 19.4 Å². The minimum absolute atomic E-state index is 0.0195. The van der Waals surface area contributed by atoms with Gasteiger partial charge in [-0.25, -0.2) is 0 Å². The monoisotopic (exact) mass is 378 g/mol. The van der Waals surface area contributed by atoms with Gasteiger partial charge in [-0.2, -0.15) is 0 Å². The highest BCUT2D eigenvalue weighted by molar-refractivity contribution is 5.76. The lowest BCUT2D eigenvalue weighted by atomic mass is 9.74. The number of carbonyl (C=O) groups excluding carboxylic acids is 1. The van der Waals surface area contributed by atoms with Gasteiger partial charge in [0.05, 0.1) is 7.11 Å². The second-order valence-corrected chi connectivity index (χ2v) is 8.82. The first kappa shape index (κ1) is 21.5. The fraction of sp³-hybridized carbons (Fsp3) is 0.667. The first-order chi connectivity index (χ1) is 12.6. The van der Waals surface area contributed by atoms with Gasteiger partial charge >= 0.3 is 0 Å². The summed E-state index contributed by atoms with van der Waals surface area (Å²) < 4.78 is 10.7. The summed E-state index contributed by atoms with van der Waals surface area (Å²) in [7, 11) is 1.59. The number of aliphatic hydroxyl groups excluding tert-OH is 1. The van der Waals surface area contributed by atoms with Crippen LogP contribution in [0.1, 0.15) is 47.0 Å². The second kappa shape index (κ2) is 8.93. The van der Waals surface area contributed by atoms with E-state index in [4.69, 9.17) is 9.47 Å². The summed E-state index contributed by atoms with van der Waals surface area (Å²) in [5.41, 5.74) is 0.0492. The molecule has 1 fully saturated rings. The molecule has 2 rings (SSSR count). The van der Waals surface area contributed by atoms with Crippen molar-refractivity contribution in [3.8, 4) is 11.5 Å². The molecule has 1 aliphatic heterocycles. The van der Waals surface area contributed by atoms with E-state index in [1.165, 1.54) is 0 Å². The second-order valence-electron chi connectivity index (χ2n) is 8.82. The number of methoxy groups -OCH3 is 1. The summed E-state index contributed by atoms with van der Waals surface area (Å²) >= 11 is 0. The van der Waals surface area contributed by atoms with Gasteiger partial charge in [0, 0.05) is 30.1 Å². The topological polar surface area (TPSA) is 79.8 Å². The van der Waals surface area contributed by atoms with Gasteiger partial charge in [-0.1, -0.05) is 6.07 Å². The van der Waals surface area contributed by atoms with Crippen LogP contribution in [0.2, 0.25) is 0 Å². The van der Waals surface area contributed by atoms with E-state index < -0.39 is 6.10 Å². The molecular weight excluding hydrogens is 344 g/mol. The predicted octanol–water partition coefficient (Wildman–Crippen LogP) is 2.50. The zero-order valence-corrected chi connectivity index (χ0v) is 17.2. The van der Waals surface area contributed by atoms with Crippen LogP contribution in [0.5, 0.6) is 11.5 Å². The molecule has 1 unspecified atom stereocenters. The zero-order valence-electron chi connectivity index (χ0n) is 17.2. The van der Waals surface area contributed by atoms with Crippen molar-refractivity contribution in [3.05, 3.63) is 24.3 Å². The van der Waals surface area contributed by atoms with Crippen LogP contribution in [0, 0.1) is 5.92 Å². The number of hydrogen-bond acceptors (Lipinski definition) is 5. The number of benzene rings is 1. The minimum atomic E-state index is -0.763. The summed E-state index contributed by atoms with van der Waals surface area (Å²) in [6.07, 6.45) is 1.65. The molecule has 152 valence electrons. The van der Waals surface area contributed by atoms with Crippen LogP contribution < -0.4 is 20.1 Å². The average Bonchev–Trinajstić information content (AvgIpc) is 2.55. The number of rotatable bonds is 8. The predicted molar refractivity (Wildman–Crippen MR) is 106 cm³/mol. The molecule has 0 aromatic heterocycles. The van der Waals surface area contributed by atoms with Gasteiger partial charge in [-0.05, 0) is 58.6 Å².